The second kappa shape index (κ2) is 17.4. The van der Waals surface area contributed by atoms with Gasteiger partial charge < -0.3 is 19.1 Å². The van der Waals surface area contributed by atoms with Crippen molar-refractivity contribution >= 4 is 16.1 Å². The Kier molecular flexibility index (Phi) is 15.8. The highest BCUT2D eigenvalue weighted by molar-refractivity contribution is 7.86. The van der Waals surface area contributed by atoms with E-state index < -0.39 is 95.3 Å². The summed E-state index contributed by atoms with van der Waals surface area (Å²) in [4.78, 5) is 12.0. The van der Waals surface area contributed by atoms with Crippen molar-refractivity contribution in [2.24, 2.45) is 5.92 Å². The van der Waals surface area contributed by atoms with Gasteiger partial charge in [0.05, 0.1) is 18.8 Å². The third-order valence-electron chi connectivity index (χ3n) is 6.02. The van der Waals surface area contributed by atoms with Gasteiger partial charge in [0.15, 0.2) is 17.3 Å². The van der Waals surface area contributed by atoms with Gasteiger partial charge in [-0.25, -0.2) is 13.2 Å². The Morgan fingerprint density at radius 1 is 0.875 bits per heavy atom. The van der Waals surface area contributed by atoms with Crippen molar-refractivity contribution in [2.75, 3.05) is 13.2 Å². The summed E-state index contributed by atoms with van der Waals surface area (Å²) in [7, 11) is -6.75. The summed E-state index contributed by atoms with van der Waals surface area (Å²) in [6, 6.07) is 21.4. The van der Waals surface area contributed by atoms with Crippen LogP contribution in [0.3, 0.4) is 0 Å². The van der Waals surface area contributed by atoms with E-state index in [0.29, 0.717) is 0 Å². The van der Waals surface area contributed by atoms with Crippen LogP contribution in [0.15, 0.2) is 72.8 Å². The molecule has 272 valence electrons. The van der Waals surface area contributed by atoms with Crippen molar-refractivity contribution in [3.63, 3.8) is 0 Å². The SMILES string of the molecule is C=C(COCCC(F)(F)C(F)(F)S(=O)(=O)[O-])C(=O)OC(CC(C)C)CC(O)(C(F)(F)F)C(F)(F)F.c1ccc([I+]c2ccccc2)cc1. The van der Waals surface area contributed by atoms with Crippen LogP contribution < -0.4 is 21.2 Å². The van der Waals surface area contributed by atoms with Crippen LogP contribution in [-0.4, -0.2) is 72.5 Å². The van der Waals surface area contributed by atoms with E-state index in [4.69, 9.17) is 0 Å². The van der Waals surface area contributed by atoms with Gasteiger partial charge in [0.2, 0.25) is 0 Å². The molecule has 0 aliphatic carbocycles. The molecule has 2 aromatic carbocycles. The predicted octanol–water partition coefficient (Wildman–Crippen LogP) is 3.74. The highest BCUT2D eigenvalue weighted by atomic mass is 127. The number of esters is 1. The Balaban J connectivity index is 0.000000724. The number of benzene rings is 2. The zero-order valence-corrected chi connectivity index (χ0v) is 28.1. The number of hydrogen-bond donors (Lipinski definition) is 1. The number of ether oxygens (including phenoxy) is 2. The van der Waals surface area contributed by atoms with Crippen molar-refractivity contribution in [1.82, 2.24) is 0 Å². The maximum absolute atomic E-state index is 13.3. The lowest BCUT2D eigenvalue weighted by atomic mass is 9.90. The number of halogens is 11. The van der Waals surface area contributed by atoms with Crippen molar-refractivity contribution in [3.8, 4) is 0 Å². The van der Waals surface area contributed by atoms with Crippen molar-refractivity contribution in [1.29, 1.82) is 0 Å². The Morgan fingerprint density at radius 3 is 1.69 bits per heavy atom. The number of carbonyl (C=O) groups is 1. The van der Waals surface area contributed by atoms with Gasteiger partial charge in [-0.1, -0.05) is 56.8 Å². The van der Waals surface area contributed by atoms with Crippen molar-refractivity contribution in [2.45, 2.75) is 68.3 Å². The molecule has 0 fully saturated rings. The number of rotatable bonds is 15. The smallest absolute Gasteiger partial charge is 0.426 e. The number of hydrogen-bond acceptors (Lipinski definition) is 7. The topological polar surface area (TPSA) is 113 Å². The fourth-order valence-corrected chi connectivity index (χ4v) is 6.26. The fourth-order valence-electron chi connectivity index (χ4n) is 3.52. The summed E-state index contributed by atoms with van der Waals surface area (Å²) in [6.45, 7) is 3.23. The van der Waals surface area contributed by atoms with Gasteiger partial charge in [-0.15, -0.1) is 0 Å². The predicted molar refractivity (Wildman–Crippen MR) is 145 cm³/mol. The van der Waals surface area contributed by atoms with Gasteiger partial charge in [-0.2, -0.15) is 43.9 Å². The minimum Gasteiger partial charge on any atom is -0.743 e. The number of carbonyl (C=O) groups excluding carboxylic acids is 1. The van der Waals surface area contributed by atoms with Crippen LogP contribution in [0.1, 0.15) is 33.1 Å². The third kappa shape index (κ3) is 12.8. The van der Waals surface area contributed by atoms with Gasteiger partial charge >= 0.3 is 50.7 Å². The molecule has 1 atom stereocenters. The molecular weight excluding hydrogens is 809 g/mol. The van der Waals surface area contributed by atoms with Crippen LogP contribution in [0.25, 0.3) is 0 Å². The zero-order chi connectivity index (χ0) is 37.2. The second-order valence-corrected chi connectivity index (χ2v) is 14.9. The van der Waals surface area contributed by atoms with Crippen LogP contribution in [0.4, 0.5) is 43.9 Å². The molecule has 0 aliphatic heterocycles. The molecule has 19 heteroatoms. The minimum atomic E-state index is -6.75. The van der Waals surface area contributed by atoms with Gasteiger partial charge in [0.25, 0.3) is 5.60 Å². The maximum atomic E-state index is 13.3. The van der Waals surface area contributed by atoms with E-state index in [1.807, 2.05) is 0 Å². The Bertz CT molecular complexity index is 1370. The highest BCUT2D eigenvalue weighted by Crippen LogP contribution is 2.47. The molecule has 2 aromatic rings. The summed E-state index contributed by atoms with van der Waals surface area (Å²) in [5.41, 5.74) is -6.09. The minimum absolute atomic E-state index is 0.0287. The van der Waals surface area contributed by atoms with E-state index in [9.17, 15) is 66.8 Å². The van der Waals surface area contributed by atoms with Gasteiger partial charge in [0.1, 0.15) is 6.10 Å². The Hall–Kier alpha value is -2.49. The Morgan fingerprint density at radius 2 is 1.31 bits per heavy atom. The number of alkyl halides is 10. The average molecular weight is 841 g/mol. The van der Waals surface area contributed by atoms with E-state index in [-0.39, 0.29) is 21.2 Å². The largest absolute Gasteiger partial charge is 0.743 e. The summed E-state index contributed by atoms with van der Waals surface area (Å²) in [5.74, 6) is -7.66. The van der Waals surface area contributed by atoms with Crippen LogP contribution in [0.5, 0.6) is 0 Å². The molecule has 48 heavy (non-hydrogen) atoms. The van der Waals surface area contributed by atoms with Crippen LogP contribution in [-0.2, 0) is 24.4 Å². The molecule has 0 heterocycles. The summed E-state index contributed by atoms with van der Waals surface area (Å²) in [6.07, 6.45) is -19.3. The first-order chi connectivity index (χ1) is 21.7. The first-order valence-electron chi connectivity index (χ1n) is 13.5. The molecule has 0 bridgehead atoms. The van der Waals surface area contributed by atoms with Crippen molar-refractivity contribution in [3.05, 3.63) is 80.0 Å². The third-order valence-corrected chi connectivity index (χ3v) is 9.63. The molecule has 0 amide bonds. The van der Waals surface area contributed by atoms with E-state index in [1.165, 1.54) is 21.0 Å². The molecule has 7 nitrogen and oxygen atoms in total. The molecule has 2 rings (SSSR count). The average Bonchev–Trinajstić information content (AvgIpc) is 2.94. The lowest BCUT2D eigenvalue weighted by molar-refractivity contribution is -0.597. The number of aliphatic hydroxyl groups is 1. The summed E-state index contributed by atoms with van der Waals surface area (Å²) < 4.78 is 173. The van der Waals surface area contributed by atoms with Crippen molar-refractivity contribution < 1.29 is 97.5 Å². The first kappa shape index (κ1) is 43.5. The van der Waals surface area contributed by atoms with E-state index in [2.05, 4.69) is 76.7 Å². The molecule has 1 unspecified atom stereocenters. The highest BCUT2D eigenvalue weighted by Gasteiger charge is 2.71. The summed E-state index contributed by atoms with van der Waals surface area (Å²) >= 11 is 0.0287. The van der Waals surface area contributed by atoms with E-state index in [1.54, 1.807) is 0 Å². The maximum Gasteiger partial charge on any atom is 0.426 e. The fraction of sp³-hybridized carbons (Fsp3) is 0.483. The van der Waals surface area contributed by atoms with E-state index in [0.717, 1.165) is 0 Å². The molecule has 0 saturated heterocycles. The quantitative estimate of drug-likeness (QED) is 0.0727. The molecule has 0 radical (unpaired) electrons. The molecule has 0 spiro atoms. The second-order valence-electron chi connectivity index (χ2n) is 10.5. The zero-order valence-electron chi connectivity index (χ0n) is 25.1. The normalized spacial score (nSPS) is 13.8. The molecule has 0 aliphatic rings. The molecule has 1 N–H and O–H groups in total. The van der Waals surface area contributed by atoms with Crippen LogP contribution >= 0.6 is 0 Å². The first-order valence-corrected chi connectivity index (χ1v) is 17.1. The lowest BCUT2D eigenvalue weighted by Crippen LogP contribution is -3.61. The molecule has 0 saturated carbocycles. The van der Waals surface area contributed by atoms with Crippen LogP contribution in [0, 0.1) is 13.1 Å². The monoisotopic (exact) mass is 840 g/mol. The molecular formula is C29H31F10IO7S. The van der Waals surface area contributed by atoms with Crippen LogP contribution in [0.2, 0.25) is 0 Å². The molecule has 0 aromatic heterocycles. The summed E-state index contributed by atoms with van der Waals surface area (Å²) in [5, 5.41) is 3.32. The van der Waals surface area contributed by atoms with E-state index >= 15 is 0 Å². The van der Waals surface area contributed by atoms with Gasteiger partial charge in [-0.3, -0.25) is 0 Å². The Labute approximate surface area is 280 Å². The van der Waals surface area contributed by atoms with Gasteiger partial charge in [0, 0.05) is 12.8 Å². The van der Waals surface area contributed by atoms with Gasteiger partial charge in [-0.05, 0) is 36.6 Å². The lowest BCUT2D eigenvalue weighted by Gasteiger charge is -2.35. The standard InChI is InChI=1S/C17H22F10O7S.C12H10I/c1-9(2)6-11(7-13(29,15(20,21)22)16(23,24)25)34-12(28)10(3)8-33-5-4-14(18,19)17(26,27)35(30,31)32;1-3-7-11(8-4-1)13-12-9-5-2-6-10-12/h9,11,29H,3-8H2,1-2H3,(H,30,31,32);1-10H/q;+1/p-1.